The van der Waals surface area contributed by atoms with E-state index < -0.39 is 0 Å². The molecule has 0 aromatic rings. The molecule has 0 aromatic carbocycles. The third-order valence-corrected chi connectivity index (χ3v) is 1.40. The van der Waals surface area contributed by atoms with Gasteiger partial charge in [-0.2, -0.15) is 0 Å². The van der Waals surface area contributed by atoms with Crippen LogP contribution in [0.5, 0.6) is 0 Å². The average molecular weight is 184 g/mol. The van der Waals surface area contributed by atoms with E-state index in [0.717, 1.165) is 12.0 Å². The Labute approximate surface area is 74.0 Å². The molecule has 0 amide bonds. The van der Waals surface area contributed by atoms with Crippen molar-refractivity contribution in [3.05, 3.63) is 11.1 Å². The van der Waals surface area contributed by atoms with Crippen LogP contribution in [0.4, 0.5) is 0 Å². The first-order valence-electron chi connectivity index (χ1n) is 3.19. The van der Waals surface area contributed by atoms with Gasteiger partial charge in [0.15, 0.2) is 0 Å². The van der Waals surface area contributed by atoms with Crippen LogP contribution in [0.15, 0.2) is 11.1 Å². The third-order valence-electron chi connectivity index (χ3n) is 1.09. The number of nitrogens with two attached hydrogens (primary N) is 1. The van der Waals surface area contributed by atoms with Gasteiger partial charge in [-0.25, -0.2) is 0 Å². The zero-order chi connectivity index (χ0) is 7.28. The fraction of sp³-hybridized carbons (Fsp3) is 0.714. The van der Waals surface area contributed by atoms with Gasteiger partial charge in [-0.3, -0.25) is 0 Å². The van der Waals surface area contributed by atoms with Gasteiger partial charge in [0.05, 0.1) is 0 Å². The molecule has 10 heavy (non-hydrogen) atoms. The van der Waals surface area contributed by atoms with Crippen LogP contribution in [0.25, 0.3) is 0 Å². The smallest absolute Gasteiger partial charge is 0.0148 e. The van der Waals surface area contributed by atoms with Gasteiger partial charge in [0.25, 0.3) is 0 Å². The molecule has 0 aliphatic carbocycles. The predicted molar refractivity (Wildman–Crippen MR) is 49.7 cm³/mol. The van der Waals surface area contributed by atoms with Crippen LogP contribution < -0.4 is 5.73 Å². The highest BCUT2D eigenvalue weighted by Gasteiger charge is 1.96. The fourth-order valence-corrected chi connectivity index (χ4v) is 0.875. The molecule has 0 rings (SSSR count). The molecular formula is C7H15Cl2N. The van der Waals surface area contributed by atoms with Crippen molar-refractivity contribution >= 4 is 24.0 Å². The Bertz CT molecular complexity index is 99.8. The summed E-state index contributed by atoms with van der Waals surface area (Å²) in [5.41, 5.74) is 8.09. The van der Waals surface area contributed by atoms with Gasteiger partial charge in [0, 0.05) is 12.1 Å². The lowest BCUT2D eigenvalue weighted by Crippen LogP contribution is -2.04. The zero-order valence-electron chi connectivity index (χ0n) is 6.43. The predicted octanol–water partition coefficient (Wildman–Crippen LogP) is 2.54. The van der Waals surface area contributed by atoms with Gasteiger partial charge in [0.1, 0.15) is 0 Å². The monoisotopic (exact) mass is 183 g/mol. The molecule has 0 fully saturated rings. The fourth-order valence-electron chi connectivity index (χ4n) is 0.697. The quantitative estimate of drug-likeness (QED) is 0.716. The lowest BCUT2D eigenvalue weighted by molar-refractivity contribution is 0.636. The van der Waals surface area contributed by atoms with Crippen LogP contribution in [0.2, 0.25) is 0 Å². The van der Waals surface area contributed by atoms with Crippen molar-refractivity contribution in [2.75, 3.05) is 6.54 Å². The molecule has 0 aliphatic rings. The van der Waals surface area contributed by atoms with Gasteiger partial charge in [-0.1, -0.05) is 25.4 Å². The van der Waals surface area contributed by atoms with E-state index >= 15 is 0 Å². The molecule has 0 unspecified atom stereocenters. The van der Waals surface area contributed by atoms with E-state index in [1.807, 2.05) is 0 Å². The van der Waals surface area contributed by atoms with Crippen LogP contribution in [-0.2, 0) is 0 Å². The highest BCUT2D eigenvalue weighted by Crippen LogP contribution is 2.09. The highest BCUT2D eigenvalue weighted by atomic mass is 35.5. The maximum Gasteiger partial charge on any atom is 0.0148 e. The summed E-state index contributed by atoms with van der Waals surface area (Å²) in [5, 5.41) is 0. The first kappa shape index (κ1) is 12.9. The second-order valence-electron chi connectivity index (χ2n) is 2.57. The van der Waals surface area contributed by atoms with Crippen LogP contribution in [-0.4, -0.2) is 6.54 Å². The van der Waals surface area contributed by atoms with E-state index in [-0.39, 0.29) is 12.4 Å². The first-order valence-corrected chi connectivity index (χ1v) is 3.62. The van der Waals surface area contributed by atoms with Gasteiger partial charge in [0.2, 0.25) is 0 Å². The molecule has 0 saturated heterocycles. The average Bonchev–Trinajstić information content (AvgIpc) is 1.82. The topological polar surface area (TPSA) is 26.0 Å². The third kappa shape index (κ3) is 6.40. The Morgan fingerprint density at radius 1 is 1.60 bits per heavy atom. The molecule has 0 radical (unpaired) electrons. The summed E-state index contributed by atoms with van der Waals surface area (Å²) < 4.78 is 0. The van der Waals surface area contributed by atoms with E-state index in [4.69, 9.17) is 17.3 Å². The van der Waals surface area contributed by atoms with Crippen molar-refractivity contribution in [2.24, 2.45) is 11.7 Å². The lowest BCUT2D eigenvalue weighted by atomic mass is 10.1. The summed E-state index contributed by atoms with van der Waals surface area (Å²) in [4.78, 5) is 0. The van der Waals surface area contributed by atoms with Crippen LogP contribution in [0, 0.1) is 5.92 Å². The number of hydrogen-bond donors (Lipinski definition) is 1. The van der Waals surface area contributed by atoms with Crippen molar-refractivity contribution in [1.82, 2.24) is 0 Å². The molecule has 0 heterocycles. The summed E-state index contributed by atoms with van der Waals surface area (Å²) in [7, 11) is 0. The normalized spacial score (nSPS) is 11.5. The maximum atomic E-state index is 5.47. The molecular weight excluding hydrogens is 169 g/mol. The highest BCUT2D eigenvalue weighted by molar-refractivity contribution is 6.25. The zero-order valence-corrected chi connectivity index (χ0v) is 8.00. The number of hydrogen-bond acceptors (Lipinski definition) is 1. The molecule has 1 nitrogen and oxygen atoms in total. The minimum atomic E-state index is 0. The minimum absolute atomic E-state index is 0. The molecule has 2 N–H and O–H groups in total. The molecule has 0 aliphatic heterocycles. The second-order valence-corrected chi connectivity index (χ2v) is 2.79. The van der Waals surface area contributed by atoms with Crippen molar-refractivity contribution in [3.8, 4) is 0 Å². The Morgan fingerprint density at radius 2 is 2.10 bits per heavy atom. The number of halogens is 2. The first-order chi connectivity index (χ1) is 4.20. The largest absolute Gasteiger partial charge is 0.327 e. The molecule has 3 heteroatoms. The van der Waals surface area contributed by atoms with Crippen molar-refractivity contribution in [2.45, 2.75) is 20.3 Å². The van der Waals surface area contributed by atoms with Gasteiger partial charge in [-0.15, -0.1) is 12.4 Å². The summed E-state index contributed by atoms with van der Waals surface area (Å²) in [6.07, 6.45) is 1.01. The van der Waals surface area contributed by atoms with E-state index in [1.54, 1.807) is 5.54 Å². The molecule has 62 valence electrons. The minimum Gasteiger partial charge on any atom is -0.327 e. The van der Waals surface area contributed by atoms with E-state index in [9.17, 15) is 0 Å². The van der Waals surface area contributed by atoms with E-state index in [2.05, 4.69) is 13.8 Å². The SMILES string of the molecule is CC(C)C/C(=C\Cl)CN.Cl. The summed E-state index contributed by atoms with van der Waals surface area (Å²) >= 11 is 5.47. The van der Waals surface area contributed by atoms with Crippen LogP contribution in [0.3, 0.4) is 0 Å². The summed E-state index contributed by atoms with van der Waals surface area (Å²) in [6, 6.07) is 0. The van der Waals surface area contributed by atoms with E-state index in [0.29, 0.717) is 12.5 Å². The maximum absolute atomic E-state index is 5.47. The van der Waals surface area contributed by atoms with Gasteiger partial charge < -0.3 is 5.73 Å². The van der Waals surface area contributed by atoms with Crippen molar-refractivity contribution in [1.29, 1.82) is 0 Å². The number of rotatable bonds is 3. The van der Waals surface area contributed by atoms with Crippen molar-refractivity contribution < 1.29 is 0 Å². The molecule has 0 aromatic heterocycles. The second kappa shape index (κ2) is 7.39. The summed E-state index contributed by atoms with van der Waals surface area (Å²) in [5.74, 6) is 0.651. The standard InChI is InChI=1S/C7H14ClN.ClH/c1-6(2)3-7(4-8)5-9;/h4,6H,3,5,9H2,1-2H3;1H/b7-4+;. The molecule has 0 bridgehead atoms. The molecule has 0 spiro atoms. The molecule has 0 saturated carbocycles. The van der Waals surface area contributed by atoms with Crippen LogP contribution >= 0.6 is 24.0 Å². The lowest BCUT2D eigenvalue weighted by Gasteiger charge is -2.04. The van der Waals surface area contributed by atoms with Gasteiger partial charge >= 0.3 is 0 Å². The van der Waals surface area contributed by atoms with Crippen LogP contribution in [0.1, 0.15) is 20.3 Å². The Morgan fingerprint density at radius 3 is 2.20 bits per heavy atom. The van der Waals surface area contributed by atoms with Crippen molar-refractivity contribution in [3.63, 3.8) is 0 Å². The van der Waals surface area contributed by atoms with E-state index in [1.165, 1.54) is 0 Å². The van der Waals surface area contributed by atoms with Gasteiger partial charge in [-0.05, 0) is 17.9 Å². The Hall–Kier alpha value is 0.280. The summed E-state index contributed by atoms with van der Waals surface area (Å²) in [6.45, 7) is 4.88. The Balaban J connectivity index is 0. The Kier molecular flexibility index (Phi) is 9.54. The molecule has 0 atom stereocenters.